The van der Waals surface area contributed by atoms with Gasteiger partial charge in [-0.25, -0.2) is 14.6 Å². The third kappa shape index (κ3) is 4.30. The summed E-state index contributed by atoms with van der Waals surface area (Å²) in [6, 6.07) is 9.52. The number of nitrogens with zero attached hydrogens (tertiary/aromatic N) is 7. The van der Waals surface area contributed by atoms with E-state index in [9.17, 15) is 4.79 Å². The highest BCUT2D eigenvalue weighted by atomic mass is 16.1. The summed E-state index contributed by atoms with van der Waals surface area (Å²) < 4.78 is 3.38. The normalized spacial score (nSPS) is 14.0. The van der Waals surface area contributed by atoms with Crippen LogP contribution in [0, 0.1) is 0 Å². The maximum absolute atomic E-state index is 12.4. The summed E-state index contributed by atoms with van der Waals surface area (Å²) in [6.45, 7) is 2.14. The number of piperidine rings is 1. The lowest BCUT2D eigenvalue weighted by atomic mass is 10.1. The van der Waals surface area contributed by atoms with E-state index in [1.165, 1.54) is 19.3 Å². The minimum Gasteiger partial charge on any atom is -0.369 e. The van der Waals surface area contributed by atoms with Gasteiger partial charge in [-0.3, -0.25) is 9.48 Å². The number of hydrogen-bond donors (Lipinski definition) is 0. The Hall–Kier alpha value is -3.81. The highest BCUT2D eigenvalue weighted by molar-refractivity contribution is 5.58. The van der Waals surface area contributed by atoms with Gasteiger partial charge in [0.15, 0.2) is 5.82 Å². The largest absolute Gasteiger partial charge is 0.369 e. The zero-order chi connectivity index (χ0) is 21.9. The highest BCUT2D eigenvalue weighted by Crippen LogP contribution is 2.22. The molecule has 0 spiro atoms. The molecule has 0 bridgehead atoms. The molecular formula is C24H25N7O. The molecule has 8 heteroatoms. The minimum atomic E-state index is -0.0855. The Morgan fingerprint density at radius 3 is 2.53 bits per heavy atom. The summed E-state index contributed by atoms with van der Waals surface area (Å²) in [5.41, 5.74) is 4.20. The van der Waals surface area contributed by atoms with Gasteiger partial charge in [0.2, 0.25) is 5.43 Å². The van der Waals surface area contributed by atoms with Gasteiger partial charge >= 0.3 is 0 Å². The lowest BCUT2D eigenvalue weighted by Gasteiger charge is -2.28. The molecule has 0 unspecified atom stereocenters. The van der Waals surface area contributed by atoms with Crippen molar-refractivity contribution >= 4 is 5.69 Å². The number of aromatic nitrogens is 6. The van der Waals surface area contributed by atoms with E-state index in [0.717, 1.165) is 35.6 Å². The van der Waals surface area contributed by atoms with Crippen LogP contribution in [0.2, 0.25) is 0 Å². The lowest BCUT2D eigenvalue weighted by Crippen LogP contribution is -2.29. The predicted molar refractivity (Wildman–Crippen MR) is 123 cm³/mol. The molecule has 3 aromatic heterocycles. The molecule has 1 aromatic carbocycles. The fraction of sp³-hybridized carbons (Fsp3) is 0.292. The van der Waals surface area contributed by atoms with Crippen molar-refractivity contribution in [2.24, 2.45) is 7.05 Å². The molecule has 0 aliphatic carbocycles. The molecule has 1 aliphatic rings. The first-order chi connectivity index (χ1) is 15.7. The number of anilines is 1. The van der Waals surface area contributed by atoms with Crippen LogP contribution in [0.4, 0.5) is 5.69 Å². The lowest BCUT2D eigenvalue weighted by molar-refractivity contribution is 0.576. The molecule has 4 aromatic rings. The maximum Gasteiger partial charge on any atom is 0.203 e. The van der Waals surface area contributed by atoms with E-state index in [2.05, 4.69) is 25.1 Å². The van der Waals surface area contributed by atoms with Crippen LogP contribution in [0.25, 0.3) is 17.1 Å². The van der Waals surface area contributed by atoms with Crippen LogP contribution in [0.1, 0.15) is 30.5 Å². The van der Waals surface area contributed by atoms with Crippen molar-refractivity contribution in [3.05, 3.63) is 82.8 Å². The molecule has 0 amide bonds. The first-order valence-corrected chi connectivity index (χ1v) is 10.9. The van der Waals surface area contributed by atoms with E-state index >= 15 is 0 Å². The number of aryl methyl sites for hydroxylation is 1. The van der Waals surface area contributed by atoms with Crippen LogP contribution >= 0.6 is 0 Å². The summed E-state index contributed by atoms with van der Waals surface area (Å²) in [6.07, 6.45) is 13.2. The molecule has 0 atom stereocenters. The predicted octanol–water partition coefficient (Wildman–Crippen LogP) is 3.00. The summed E-state index contributed by atoms with van der Waals surface area (Å²) in [7, 11) is 1.85. The Morgan fingerprint density at radius 2 is 1.78 bits per heavy atom. The van der Waals surface area contributed by atoms with Crippen molar-refractivity contribution in [2.75, 3.05) is 18.0 Å². The average molecular weight is 428 g/mol. The van der Waals surface area contributed by atoms with E-state index in [4.69, 9.17) is 0 Å². The Kier molecular flexibility index (Phi) is 5.49. The standard InChI is InChI=1S/C24H25N7O/c1-29-17-21(16-27-29)31-11-8-23(32)22(28-31)13-18-6-5-7-19(12-18)24-25-14-20(15-26-24)30-9-3-2-4-10-30/h5-8,11-12,14-17H,2-4,9-10,13H2,1H3. The van der Waals surface area contributed by atoms with Gasteiger partial charge in [0.25, 0.3) is 0 Å². The van der Waals surface area contributed by atoms with Gasteiger partial charge in [-0.2, -0.15) is 10.2 Å². The highest BCUT2D eigenvalue weighted by Gasteiger charge is 2.13. The Morgan fingerprint density at radius 1 is 0.969 bits per heavy atom. The Bertz CT molecular complexity index is 1270. The van der Waals surface area contributed by atoms with Crippen molar-refractivity contribution in [2.45, 2.75) is 25.7 Å². The van der Waals surface area contributed by atoms with Crippen molar-refractivity contribution in [1.82, 2.24) is 29.5 Å². The van der Waals surface area contributed by atoms with Gasteiger partial charge < -0.3 is 4.90 Å². The first kappa shape index (κ1) is 20.1. The summed E-state index contributed by atoms with van der Waals surface area (Å²) in [5, 5.41) is 8.70. The molecule has 0 N–H and O–H groups in total. The molecule has 162 valence electrons. The van der Waals surface area contributed by atoms with E-state index < -0.39 is 0 Å². The van der Waals surface area contributed by atoms with E-state index in [1.54, 1.807) is 27.8 Å². The third-order valence-electron chi connectivity index (χ3n) is 5.75. The number of hydrogen-bond acceptors (Lipinski definition) is 6. The van der Waals surface area contributed by atoms with Crippen LogP contribution < -0.4 is 10.3 Å². The molecule has 0 radical (unpaired) electrons. The van der Waals surface area contributed by atoms with Crippen molar-refractivity contribution in [1.29, 1.82) is 0 Å². The number of benzene rings is 1. The second kappa shape index (κ2) is 8.74. The fourth-order valence-electron chi connectivity index (χ4n) is 4.04. The quantitative estimate of drug-likeness (QED) is 0.487. The maximum atomic E-state index is 12.4. The van der Waals surface area contributed by atoms with Crippen LogP contribution in [-0.4, -0.2) is 42.6 Å². The van der Waals surface area contributed by atoms with Crippen molar-refractivity contribution < 1.29 is 0 Å². The molecule has 0 saturated carbocycles. The molecule has 1 fully saturated rings. The zero-order valence-corrected chi connectivity index (χ0v) is 18.1. The summed E-state index contributed by atoms with van der Waals surface area (Å²) >= 11 is 0. The molecular weight excluding hydrogens is 402 g/mol. The molecule has 8 nitrogen and oxygen atoms in total. The van der Waals surface area contributed by atoms with E-state index in [0.29, 0.717) is 17.9 Å². The second-order valence-electron chi connectivity index (χ2n) is 8.13. The molecule has 5 rings (SSSR count). The van der Waals surface area contributed by atoms with Crippen LogP contribution in [0.5, 0.6) is 0 Å². The van der Waals surface area contributed by atoms with Crippen LogP contribution in [0.3, 0.4) is 0 Å². The Balaban J connectivity index is 1.37. The van der Waals surface area contributed by atoms with Gasteiger partial charge in [0.05, 0.1) is 30.5 Å². The number of rotatable bonds is 5. The minimum absolute atomic E-state index is 0.0855. The molecule has 1 aliphatic heterocycles. The monoisotopic (exact) mass is 427 g/mol. The van der Waals surface area contributed by atoms with Gasteiger partial charge in [-0.15, -0.1) is 0 Å². The summed E-state index contributed by atoms with van der Waals surface area (Å²) in [5.74, 6) is 0.682. The van der Waals surface area contributed by atoms with Crippen LogP contribution in [0.15, 0.2) is 66.1 Å². The van der Waals surface area contributed by atoms with E-state index in [1.807, 2.05) is 49.9 Å². The zero-order valence-electron chi connectivity index (χ0n) is 18.1. The van der Waals surface area contributed by atoms with Gasteiger partial charge in [-0.1, -0.05) is 18.2 Å². The van der Waals surface area contributed by atoms with E-state index in [-0.39, 0.29) is 5.43 Å². The second-order valence-corrected chi connectivity index (χ2v) is 8.13. The Labute approximate surface area is 186 Å². The molecule has 4 heterocycles. The summed E-state index contributed by atoms with van der Waals surface area (Å²) in [4.78, 5) is 24.0. The van der Waals surface area contributed by atoms with Crippen molar-refractivity contribution in [3.8, 4) is 17.1 Å². The third-order valence-corrected chi connectivity index (χ3v) is 5.75. The fourth-order valence-corrected chi connectivity index (χ4v) is 4.04. The first-order valence-electron chi connectivity index (χ1n) is 10.9. The topological polar surface area (TPSA) is 81.7 Å². The van der Waals surface area contributed by atoms with Gasteiger partial charge in [0, 0.05) is 44.4 Å². The average Bonchev–Trinajstić information content (AvgIpc) is 3.28. The molecule has 1 saturated heterocycles. The van der Waals surface area contributed by atoms with Gasteiger partial charge in [-0.05, 0) is 30.9 Å². The van der Waals surface area contributed by atoms with Crippen molar-refractivity contribution in [3.63, 3.8) is 0 Å². The van der Waals surface area contributed by atoms with Crippen LogP contribution in [-0.2, 0) is 13.5 Å². The smallest absolute Gasteiger partial charge is 0.203 e. The molecule has 32 heavy (non-hydrogen) atoms. The van der Waals surface area contributed by atoms with Gasteiger partial charge in [0.1, 0.15) is 11.4 Å². The SMILES string of the molecule is Cn1cc(-n2ccc(=O)c(Cc3cccc(-c4ncc(N5CCCCC5)cn4)c3)n2)cn1.